The number of benzene rings is 1. The number of amides is 2. The van der Waals surface area contributed by atoms with E-state index in [4.69, 9.17) is 4.74 Å². The van der Waals surface area contributed by atoms with Crippen LogP contribution in [-0.2, 0) is 19.1 Å². The number of hydrogen-bond acceptors (Lipinski definition) is 5. The van der Waals surface area contributed by atoms with E-state index in [1.165, 1.54) is 0 Å². The van der Waals surface area contributed by atoms with E-state index >= 15 is 0 Å². The van der Waals surface area contributed by atoms with Gasteiger partial charge in [-0.2, -0.15) is 0 Å². The van der Waals surface area contributed by atoms with Crippen molar-refractivity contribution in [3.8, 4) is 5.75 Å². The first kappa shape index (κ1) is 15.8. The van der Waals surface area contributed by atoms with Crippen molar-refractivity contribution in [2.45, 2.75) is 19.4 Å². The summed E-state index contributed by atoms with van der Waals surface area (Å²) in [5.74, 6) is -1.17. The Morgan fingerprint density at radius 2 is 2.00 bits per heavy atom. The second-order valence-corrected chi connectivity index (χ2v) is 4.80. The number of anilines is 1. The fraction of sp³-hybridized carbons (Fsp3) is 0.400. The standard InChI is InChI=1S/C15H18N2O5/c1-3-22-15(20)14(19)16-10-8-13(18)17(9-10)11-4-6-12(21-2)7-5-11/h4-7,10H,3,8-9H2,1-2H3,(H,16,19)/t10-/m0/s1. The fourth-order valence-corrected chi connectivity index (χ4v) is 2.26. The minimum Gasteiger partial charge on any atom is -0.497 e. The maximum atomic E-state index is 12.0. The molecule has 2 rings (SSSR count). The third-order valence-corrected chi connectivity index (χ3v) is 3.31. The Morgan fingerprint density at radius 3 is 2.59 bits per heavy atom. The van der Waals surface area contributed by atoms with E-state index in [0.29, 0.717) is 12.3 Å². The molecule has 0 unspecified atom stereocenters. The van der Waals surface area contributed by atoms with Gasteiger partial charge in [0.2, 0.25) is 5.91 Å². The number of carbonyl (C=O) groups excluding carboxylic acids is 3. The van der Waals surface area contributed by atoms with Crippen LogP contribution < -0.4 is 15.0 Å². The van der Waals surface area contributed by atoms with Gasteiger partial charge in [0.1, 0.15) is 5.75 Å². The quantitative estimate of drug-likeness (QED) is 0.646. The van der Waals surface area contributed by atoms with Gasteiger partial charge in [-0.15, -0.1) is 0 Å². The molecule has 7 nitrogen and oxygen atoms in total. The number of hydrogen-bond donors (Lipinski definition) is 1. The molecular weight excluding hydrogens is 288 g/mol. The molecule has 1 saturated heterocycles. The van der Waals surface area contributed by atoms with Crippen molar-refractivity contribution in [2.24, 2.45) is 0 Å². The van der Waals surface area contributed by atoms with Gasteiger partial charge in [-0.1, -0.05) is 0 Å². The number of nitrogens with zero attached hydrogens (tertiary/aromatic N) is 1. The summed E-state index contributed by atoms with van der Waals surface area (Å²) in [5, 5.41) is 2.52. The topological polar surface area (TPSA) is 84.9 Å². The molecule has 1 atom stereocenters. The molecule has 1 heterocycles. The van der Waals surface area contributed by atoms with Crippen LogP contribution in [0.25, 0.3) is 0 Å². The highest BCUT2D eigenvalue weighted by Crippen LogP contribution is 2.24. The monoisotopic (exact) mass is 306 g/mol. The van der Waals surface area contributed by atoms with Crippen molar-refractivity contribution in [3.63, 3.8) is 0 Å². The van der Waals surface area contributed by atoms with Gasteiger partial charge < -0.3 is 19.7 Å². The van der Waals surface area contributed by atoms with Crippen LogP contribution in [0.4, 0.5) is 5.69 Å². The summed E-state index contributed by atoms with van der Waals surface area (Å²) in [4.78, 5) is 36.5. The number of ether oxygens (including phenoxy) is 2. The summed E-state index contributed by atoms with van der Waals surface area (Å²) in [7, 11) is 1.57. The van der Waals surface area contributed by atoms with E-state index in [9.17, 15) is 14.4 Å². The second-order valence-electron chi connectivity index (χ2n) is 4.80. The van der Waals surface area contributed by atoms with Crippen molar-refractivity contribution in [1.29, 1.82) is 0 Å². The second kappa shape index (κ2) is 6.93. The number of methoxy groups -OCH3 is 1. The van der Waals surface area contributed by atoms with Gasteiger partial charge in [-0.3, -0.25) is 9.59 Å². The van der Waals surface area contributed by atoms with Crippen LogP contribution in [0.1, 0.15) is 13.3 Å². The Balaban J connectivity index is 1.98. The zero-order valence-electron chi connectivity index (χ0n) is 12.5. The van der Waals surface area contributed by atoms with Crippen molar-refractivity contribution in [2.75, 3.05) is 25.2 Å². The normalized spacial score (nSPS) is 17.3. The summed E-state index contributed by atoms with van der Waals surface area (Å²) >= 11 is 0. The lowest BCUT2D eigenvalue weighted by Crippen LogP contribution is -2.41. The molecule has 0 spiro atoms. The Morgan fingerprint density at radius 1 is 1.32 bits per heavy atom. The van der Waals surface area contributed by atoms with E-state index in [-0.39, 0.29) is 18.9 Å². The predicted molar refractivity (Wildman–Crippen MR) is 78.5 cm³/mol. The van der Waals surface area contributed by atoms with Gasteiger partial charge in [0.05, 0.1) is 19.8 Å². The molecule has 1 N–H and O–H groups in total. The smallest absolute Gasteiger partial charge is 0.396 e. The van der Waals surface area contributed by atoms with Crippen LogP contribution in [0.2, 0.25) is 0 Å². The largest absolute Gasteiger partial charge is 0.497 e. The Bertz CT molecular complexity index is 570. The van der Waals surface area contributed by atoms with Crippen molar-refractivity contribution in [1.82, 2.24) is 5.32 Å². The van der Waals surface area contributed by atoms with Crippen LogP contribution >= 0.6 is 0 Å². The molecular formula is C15H18N2O5. The first-order valence-corrected chi connectivity index (χ1v) is 6.97. The third kappa shape index (κ3) is 3.55. The number of carbonyl (C=O) groups is 3. The molecule has 0 saturated carbocycles. The molecule has 2 amide bonds. The number of rotatable bonds is 4. The highest BCUT2D eigenvalue weighted by atomic mass is 16.5. The lowest BCUT2D eigenvalue weighted by Gasteiger charge is -2.17. The highest BCUT2D eigenvalue weighted by Gasteiger charge is 2.33. The summed E-state index contributed by atoms with van der Waals surface area (Å²) in [6.45, 7) is 2.07. The molecule has 1 aliphatic rings. The molecule has 1 aromatic carbocycles. The van der Waals surface area contributed by atoms with Gasteiger partial charge in [-0.05, 0) is 31.2 Å². The SMILES string of the molecule is CCOC(=O)C(=O)N[C@H]1CC(=O)N(c2ccc(OC)cc2)C1. The highest BCUT2D eigenvalue weighted by molar-refractivity contribution is 6.32. The summed E-state index contributed by atoms with van der Waals surface area (Å²) < 4.78 is 9.68. The van der Waals surface area contributed by atoms with E-state index in [1.54, 1.807) is 43.2 Å². The Hall–Kier alpha value is -2.57. The molecule has 0 radical (unpaired) electrons. The lowest BCUT2D eigenvalue weighted by molar-refractivity contribution is -0.154. The molecule has 0 aliphatic carbocycles. The van der Waals surface area contributed by atoms with Crippen molar-refractivity contribution in [3.05, 3.63) is 24.3 Å². The summed E-state index contributed by atoms with van der Waals surface area (Å²) in [6, 6.07) is 6.64. The third-order valence-electron chi connectivity index (χ3n) is 3.31. The van der Waals surface area contributed by atoms with Gasteiger partial charge in [0.25, 0.3) is 0 Å². The van der Waals surface area contributed by atoms with Crippen LogP contribution in [0, 0.1) is 0 Å². The summed E-state index contributed by atoms with van der Waals surface area (Å²) in [6.07, 6.45) is 0.150. The van der Waals surface area contributed by atoms with E-state index in [0.717, 1.165) is 5.69 Å². The van der Waals surface area contributed by atoms with E-state index in [1.807, 2.05) is 0 Å². The van der Waals surface area contributed by atoms with Crippen LogP contribution in [0.3, 0.4) is 0 Å². The first-order valence-electron chi connectivity index (χ1n) is 6.97. The van der Waals surface area contributed by atoms with E-state index < -0.39 is 17.9 Å². The first-order chi connectivity index (χ1) is 10.5. The van der Waals surface area contributed by atoms with Gasteiger partial charge in [-0.25, -0.2) is 4.79 Å². The van der Waals surface area contributed by atoms with E-state index in [2.05, 4.69) is 10.1 Å². The van der Waals surface area contributed by atoms with Crippen LogP contribution in [0.15, 0.2) is 24.3 Å². The minimum atomic E-state index is -0.933. The molecule has 7 heteroatoms. The van der Waals surface area contributed by atoms with Crippen LogP contribution in [-0.4, -0.2) is 44.1 Å². The molecule has 1 aliphatic heterocycles. The Kier molecular flexibility index (Phi) is 4.98. The average Bonchev–Trinajstić information content (AvgIpc) is 2.88. The minimum absolute atomic E-state index is 0.112. The zero-order chi connectivity index (χ0) is 16.1. The summed E-state index contributed by atoms with van der Waals surface area (Å²) in [5.41, 5.74) is 0.721. The molecule has 1 fully saturated rings. The predicted octanol–water partition coefficient (Wildman–Crippen LogP) is 0.480. The van der Waals surface area contributed by atoms with Gasteiger partial charge in [0, 0.05) is 18.7 Å². The van der Waals surface area contributed by atoms with Gasteiger partial charge >= 0.3 is 11.9 Å². The fourth-order valence-electron chi connectivity index (χ4n) is 2.26. The lowest BCUT2D eigenvalue weighted by atomic mass is 10.2. The molecule has 22 heavy (non-hydrogen) atoms. The molecule has 0 aromatic heterocycles. The maximum Gasteiger partial charge on any atom is 0.396 e. The van der Waals surface area contributed by atoms with Crippen LogP contribution in [0.5, 0.6) is 5.75 Å². The molecule has 1 aromatic rings. The molecule has 0 bridgehead atoms. The van der Waals surface area contributed by atoms with Crippen molar-refractivity contribution >= 4 is 23.5 Å². The van der Waals surface area contributed by atoms with Crippen molar-refractivity contribution < 1.29 is 23.9 Å². The number of nitrogens with one attached hydrogen (secondary N) is 1. The zero-order valence-corrected chi connectivity index (χ0v) is 12.5. The number of esters is 1. The maximum absolute atomic E-state index is 12.0. The van der Waals surface area contributed by atoms with Gasteiger partial charge in [0.15, 0.2) is 0 Å². The average molecular weight is 306 g/mol. The molecule has 118 valence electrons. The Labute approximate surface area is 128 Å².